The number of nitrogens with one attached hydrogen (secondary N) is 2. The fourth-order valence-electron chi connectivity index (χ4n) is 3.93. The van der Waals surface area contributed by atoms with Crippen LogP contribution in [0.4, 0.5) is 11.6 Å². The lowest BCUT2D eigenvalue weighted by atomic mass is 9.99. The second-order valence-corrected chi connectivity index (χ2v) is 7.49. The molecule has 0 amide bonds. The van der Waals surface area contributed by atoms with Crippen LogP contribution in [0.25, 0.3) is 11.6 Å². The van der Waals surface area contributed by atoms with Gasteiger partial charge in [-0.15, -0.1) is 0 Å². The Hall–Kier alpha value is -3.74. The molecule has 2 aliphatic heterocycles. The first kappa shape index (κ1) is 18.3. The molecular formula is C23H22N6O. The summed E-state index contributed by atoms with van der Waals surface area (Å²) in [5, 5.41) is 3.57. The zero-order chi connectivity index (χ0) is 20.7. The zero-order valence-electron chi connectivity index (χ0n) is 16.9. The van der Waals surface area contributed by atoms with Gasteiger partial charge in [-0.05, 0) is 31.6 Å². The Morgan fingerprint density at radius 1 is 1.13 bits per heavy atom. The lowest BCUT2D eigenvalue weighted by Gasteiger charge is -2.29. The Morgan fingerprint density at radius 3 is 2.73 bits per heavy atom. The van der Waals surface area contributed by atoms with Crippen LogP contribution in [-0.2, 0) is 0 Å². The number of aromatic amines is 1. The van der Waals surface area contributed by atoms with E-state index in [-0.39, 0.29) is 11.6 Å². The lowest BCUT2D eigenvalue weighted by Crippen LogP contribution is -2.33. The number of aromatic nitrogens is 3. The first-order chi connectivity index (χ1) is 14.6. The highest BCUT2D eigenvalue weighted by atomic mass is 16.1. The molecule has 4 heterocycles. The van der Waals surface area contributed by atoms with E-state index >= 15 is 0 Å². The van der Waals surface area contributed by atoms with Gasteiger partial charge >= 0.3 is 0 Å². The number of pyridine rings is 1. The van der Waals surface area contributed by atoms with Crippen LogP contribution in [0.3, 0.4) is 0 Å². The second-order valence-electron chi connectivity index (χ2n) is 7.49. The van der Waals surface area contributed by atoms with Crippen LogP contribution in [0.15, 0.2) is 58.4 Å². The van der Waals surface area contributed by atoms with Crippen LogP contribution in [0.1, 0.15) is 35.5 Å². The molecule has 1 aromatic carbocycles. The van der Waals surface area contributed by atoms with Crippen LogP contribution in [0.2, 0.25) is 0 Å². The molecule has 3 aromatic rings. The van der Waals surface area contributed by atoms with Crippen LogP contribution in [-0.4, -0.2) is 33.9 Å². The molecule has 150 valence electrons. The van der Waals surface area contributed by atoms with Crippen LogP contribution < -0.4 is 15.8 Å². The normalized spacial score (nSPS) is 15.7. The van der Waals surface area contributed by atoms with Crippen molar-refractivity contribution < 1.29 is 0 Å². The van der Waals surface area contributed by atoms with Gasteiger partial charge in [-0.3, -0.25) is 9.79 Å². The van der Waals surface area contributed by atoms with E-state index in [4.69, 9.17) is 15.0 Å². The Balaban J connectivity index is 1.62. The quantitative estimate of drug-likeness (QED) is 0.703. The Morgan fingerprint density at radius 2 is 1.97 bits per heavy atom. The van der Waals surface area contributed by atoms with Crippen molar-refractivity contribution >= 4 is 29.1 Å². The van der Waals surface area contributed by atoms with Crippen molar-refractivity contribution in [3.8, 4) is 0 Å². The maximum atomic E-state index is 11.5. The number of H-pyrrole nitrogens is 1. The molecule has 5 rings (SSSR count). The van der Waals surface area contributed by atoms with Crippen molar-refractivity contribution in [3.63, 3.8) is 0 Å². The number of rotatable bonds is 4. The summed E-state index contributed by atoms with van der Waals surface area (Å²) in [5.74, 6) is 3.26. The standard InChI is InChI=1S/C23H22N6O/c1-14(16-6-4-3-5-7-16)26-21-19-12-18(17-8-9-20(30)25-13-17)22-24-10-11-29(22)23(19)28-15(2)27-21/h3-9,12-14H,10-11H2,1-2H3,(H,25,30)(H,26,27,28)/t14-/m1/s1. The van der Waals surface area contributed by atoms with Gasteiger partial charge in [0, 0.05) is 36.0 Å². The number of anilines is 2. The molecule has 2 aromatic heterocycles. The molecule has 0 spiro atoms. The van der Waals surface area contributed by atoms with Gasteiger partial charge in [0.2, 0.25) is 5.56 Å². The summed E-state index contributed by atoms with van der Waals surface area (Å²) in [7, 11) is 0. The summed E-state index contributed by atoms with van der Waals surface area (Å²) in [6.45, 7) is 5.51. The van der Waals surface area contributed by atoms with E-state index in [1.807, 2.05) is 31.2 Å². The van der Waals surface area contributed by atoms with Crippen molar-refractivity contribution in [2.45, 2.75) is 19.9 Å². The van der Waals surface area contributed by atoms with E-state index in [2.05, 4.69) is 40.3 Å². The molecular weight excluding hydrogens is 376 g/mol. The summed E-state index contributed by atoms with van der Waals surface area (Å²) < 4.78 is 0. The van der Waals surface area contributed by atoms with Gasteiger partial charge in [0.1, 0.15) is 23.3 Å². The highest BCUT2D eigenvalue weighted by Gasteiger charge is 2.32. The average molecular weight is 398 g/mol. The molecule has 0 fully saturated rings. The van der Waals surface area contributed by atoms with Gasteiger partial charge in [0.25, 0.3) is 0 Å². The minimum Gasteiger partial charge on any atom is -0.363 e. The van der Waals surface area contributed by atoms with Crippen molar-refractivity contribution in [1.29, 1.82) is 0 Å². The highest BCUT2D eigenvalue weighted by Crippen LogP contribution is 2.38. The number of benzene rings is 1. The third-order valence-corrected chi connectivity index (χ3v) is 5.41. The summed E-state index contributed by atoms with van der Waals surface area (Å²) in [6, 6.07) is 13.7. The Bertz CT molecular complexity index is 1210. The number of fused-ring (bicyclic) bond motifs is 3. The Labute approximate surface area is 174 Å². The fourth-order valence-corrected chi connectivity index (χ4v) is 3.93. The smallest absolute Gasteiger partial charge is 0.247 e. The number of hydrogen-bond donors (Lipinski definition) is 2. The molecule has 2 N–H and O–H groups in total. The predicted octanol–water partition coefficient (Wildman–Crippen LogP) is 3.42. The number of hydrogen-bond acceptors (Lipinski definition) is 6. The molecule has 0 unspecified atom stereocenters. The van der Waals surface area contributed by atoms with E-state index in [0.29, 0.717) is 12.4 Å². The minimum absolute atomic E-state index is 0.0863. The largest absolute Gasteiger partial charge is 0.363 e. The van der Waals surface area contributed by atoms with E-state index in [1.54, 1.807) is 6.20 Å². The van der Waals surface area contributed by atoms with E-state index in [0.717, 1.165) is 40.7 Å². The second kappa shape index (κ2) is 7.26. The topological polar surface area (TPSA) is 86.3 Å². The Kier molecular flexibility index (Phi) is 4.43. The van der Waals surface area contributed by atoms with Crippen molar-refractivity contribution in [2.75, 3.05) is 23.3 Å². The van der Waals surface area contributed by atoms with Crippen molar-refractivity contribution in [2.24, 2.45) is 4.99 Å². The van der Waals surface area contributed by atoms with E-state index in [9.17, 15) is 4.79 Å². The first-order valence-corrected chi connectivity index (χ1v) is 10.0. The van der Waals surface area contributed by atoms with Gasteiger partial charge in [0.05, 0.1) is 12.1 Å². The summed E-state index contributed by atoms with van der Waals surface area (Å²) in [6.07, 6.45) is 3.80. The highest BCUT2D eigenvalue weighted by molar-refractivity contribution is 6.36. The van der Waals surface area contributed by atoms with Gasteiger partial charge in [-0.1, -0.05) is 30.3 Å². The molecule has 0 bridgehead atoms. The third kappa shape index (κ3) is 3.18. The number of nitrogens with zero attached hydrogens (tertiary/aromatic N) is 4. The van der Waals surface area contributed by atoms with Crippen LogP contribution >= 0.6 is 0 Å². The molecule has 7 heteroatoms. The molecule has 0 saturated heterocycles. The predicted molar refractivity (Wildman–Crippen MR) is 120 cm³/mol. The average Bonchev–Trinajstić information content (AvgIpc) is 3.25. The number of aryl methyl sites for hydroxylation is 1. The van der Waals surface area contributed by atoms with Crippen molar-refractivity contribution in [3.05, 3.63) is 81.5 Å². The van der Waals surface area contributed by atoms with Crippen molar-refractivity contribution in [1.82, 2.24) is 15.0 Å². The number of aliphatic imine (C=N–C) groups is 1. The van der Waals surface area contributed by atoms with E-state index in [1.165, 1.54) is 11.6 Å². The molecule has 0 aliphatic carbocycles. The van der Waals surface area contributed by atoms with Crippen LogP contribution in [0.5, 0.6) is 0 Å². The maximum Gasteiger partial charge on any atom is 0.247 e. The molecule has 30 heavy (non-hydrogen) atoms. The molecule has 0 radical (unpaired) electrons. The summed E-state index contributed by atoms with van der Waals surface area (Å²) in [4.78, 5) is 30.6. The first-order valence-electron chi connectivity index (χ1n) is 10.0. The maximum absolute atomic E-state index is 11.5. The van der Waals surface area contributed by atoms with Gasteiger partial charge < -0.3 is 15.2 Å². The number of amidine groups is 1. The van der Waals surface area contributed by atoms with Crippen LogP contribution in [0, 0.1) is 6.92 Å². The summed E-state index contributed by atoms with van der Waals surface area (Å²) in [5.41, 5.74) is 3.86. The molecule has 7 nitrogen and oxygen atoms in total. The van der Waals surface area contributed by atoms with Gasteiger partial charge in [-0.25, -0.2) is 9.97 Å². The molecule has 0 saturated carbocycles. The van der Waals surface area contributed by atoms with Gasteiger partial charge in [-0.2, -0.15) is 0 Å². The summed E-state index contributed by atoms with van der Waals surface area (Å²) >= 11 is 0. The van der Waals surface area contributed by atoms with E-state index < -0.39 is 0 Å². The monoisotopic (exact) mass is 398 g/mol. The SMILES string of the molecule is Cc1nc(N[C@H](C)c2ccccc2)c2c(n1)N1CCN=C1C(c1ccc(=O)[nH]c1)=C2. The zero-order valence-corrected chi connectivity index (χ0v) is 16.9. The lowest BCUT2D eigenvalue weighted by molar-refractivity contribution is 0.862. The minimum atomic E-state index is -0.126. The fraction of sp³-hybridized carbons (Fsp3) is 0.217. The van der Waals surface area contributed by atoms with Gasteiger partial charge in [0.15, 0.2) is 0 Å². The molecule has 1 atom stereocenters. The molecule has 2 aliphatic rings. The third-order valence-electron chi connectivity index (χ3n) is 5.41.